The van der Waals surface area contributed by atoms with E-state index in [1.807, 2.05) is 7.05 Å². The van der Waals surface area contributed by atoms with E-state index in [2.05, 4.69) is 39.0 Å². The first-order valence-electron chi connectivity index (χ1n) is 9.49. The summed E-state index contributed by atoms with van der Waals surface area (Å²) in [4.78, 5) is 23.3. The van der Waals surface area contributed by atoms with Gasteiger partial charge in [0.2, 0.25) is 0 Å². The van der Waals surface area contributed by atoms with Crippen LogP contribution >= 0.6 is 0 Å². The summed E-state index contributed by atoms with van der Waals surface area (Å²) < 4.78 is 4.91. The number of nitrogens with zero attached hydrogens (tertiary/aromatic N) is 4. The first-order valence-corrected chi connectivity index (χ1v) is 9.49. The van der Waals surface area contributed by atoms with Gasteiger partial charge in [0.1, 0.15) is 0 Å². The van der Waals surface area contributed by atoms with E-state index >= 15 is 0 Å². The minimum absolute atomic E-state index is 0.0548. The third-order valence-corrected chi connectivity index (χ3v) is 5.41. The second kappa shape index (κ2) is 9.97. The normalized spacial score (nSPS) is 26.1. The number of aliphatic imine (C=N–C) groups is 1. The van der Waals surface area contributed by atoms with Crippen molar-refractivity contribution in [2.45, 2.75) is 19.8 Å². The van der Waals surface area contributed by atoms with Gasteiger partial charge in [0.25, 0.3) is 0 Å². The fourth-order valence-corrected chi connectivity index (χ4v) is 3.66. The summed E-state index contributed by atoms with van der Waals surface area (Å²) in [5.41, 5.74) is 0. The molecule has 2 saturated heterocycles. The van der Waals surface area contributed by atoms with Crippen molar-refractivity contribution in [1.29, 1.82) is 0 Å². The third-order valence-electron chi connectivity index (χ3n) is 5.41. The molecular weight excluding hydrogens is 318 g/mol. The predicted octanol–water partition coefficient (Wildman–Crippen LogP) is 0.330. The number of carbonyl (C=O) groups is 1. The lowest BCUT2D eigenvalue weighted by Crippen LogP contribution is -2.45. The zero-order chi connectivity index (χ0) is 18.2. The van der Waals surface area contributed by atoms with E-state index in [0.29, 0.717) is 12.5 Å². The highest BCUT2D eigenvalue weighted by Crippen LogP contribution is 2.24. The molecule has 2 heterocycles. The summed E-state index contributed by atoms with van der Waals surface area (Å²) in [7, 11) is 5.46. The maximum absolute atomic E-state index is 11.8. The predicted molar refractivity (Wildman–Crippen MR) is 101 cm³/mol. The first-order chi connectivity index (χ1) is 12.0. The Morgan fingerprint density at radius 2 is 1.92 bits per heavy atom. The lowest BCUT2D eigenvalue weighted by Gasteiger charge is -2.32. The average molecular weight is 354 g/mol. The molecule has 0 bridgehead atoms. The van der Waals surface area contributed by atoms with Crippen LogP contribution in [0.25, 0.3) is 0 Å². The Bertz CT molecular complexity index is 449. The van der Waals surface area contributed by atoms with Crippen molar-refractivity contribution in [2.75, 3.05) is 73.6 Å². The highest BCUT2D eigenvalue weighted by Gasteiger charge is 2.36. The molecule has 0 amide bonds. The number of unbranched alkanes of at least 4 members (excludes halogenated alkanes) is 1. The fourth-order valence-electron chi connectivity index (χ4n) is 3.66. The van der Waals surface area contributed by atoms with Gasteiger partial charge in [0.05, 0.1) is 13.0 Å². The van der Waals surface area contributed by atoms with E-state index in [9.17, 15) is 4.79 Å². The Balaban J connectivity index is 1.65. The van der Waals surface area contributed by atoms with Gasteiger partial charge < -0.3 is 24.8 Å². The van der Waals surface area contributed by atoms with Gasteiger partial charge in [-0.25, -0.2) is 0 Å². The molecule has 0 aliphatic carbocycles. The van der Waals surface area contributed by atoms with Gasteiger partial charge in [-0.15, -0.1) is 0 Å². The van der Waals surface area contributed by atoms with E-state index in [1.54, 1.807) is 0 Å². The topological polar surface area (TPSA) is 60.4 Å². The minimum Gasteiger partial charge on any atom is -0.469 e. The Labute approximate surface area is 152 Å². The lowest BCUT2D eigenvalue weighted by atomic mass is 9.99. The van der Waals surface area contributed by atoms with Crippen molar-refractivity contribution in [3.05, 3.63) is 0 Å². The molecule has 7 heteroatoms. The molecule has 7 nitrogen and oxygen atoms in total. The van der Waals surface area contributed by atoms with Crippen LogP contribution in [0.15, 0.2) is 4.99 Å². The fraction of sp³-hybridized carbons (Fsp3) is 0.889. The van der Waals surface area contributed by atoms with Crippen LogP contribution < -0.4 is 5.32 Å². The molecule has 0 aromatic carbocycles. The van der Waals surface area contributed by atoms with E-state index in [4.69, 9.17) is 4.74 Å². The first kappa shape index (κ1) is 20.0. The van der Waals surface area contributed by atoms with Crippen molar-refractivity contribution in [1.82, 2.24) is 20.0 Å². The number of nitrogens with one attached hydrogen (secondary N) is 1. The third kappa shape index (κ3) is 5.85. The van der Waals surface area contributed by atoms with E-state index in [-0.39, 0.29) is 11.9 Å². The van der Waals surface area contributed by atoms with Crippen LogP contribution in [0.2, 0.25) is 0 Å². The van der Waals surface area contributed by atoms with Crippen LogP contribution in [-0.4, -0.2) is 100 Å². The summed E-state index contributed by atoms with van der Waals surface area (Å²) >= 11 is 0. The van der Waals surface area contributed by atoms with Crippen LogP contribution in [0, 0.1) is 11.8 Å². The molecule has 2 rings (SSSR count). The largest absolute Gasteiger partial charge is 0.469 e. The molecule has 25 heavy (non-hydrogen) atoms. The lowest BCUT2D eigenvalue weighted by molar-refractivity contribution is -0.145. The Kier molecular flexibility index (Phi) is 7.96. The quantitative estimate of drug-likeness (QED) is 0.321. The summed E-state index contributed by atoms with van der Waals surface area (Å²) in [6, 6.07) is 0. The second-order valence-corrected chi connectivity index (χ2v) is 7.34. The van der Waals surface area contributed by atoms with E-state index < -0.39 is 0 Å². The number of ether oxygens (including phenoxy) is 1. The molecule has 0 radical (unpaired) electrons. The number of likely N-dealkylation sites (tertiary alicyclic amines) is 1. The molecular formula is C18H35N5O2. The molecule has 0 aromatic heterocycles. The van der Waals surface area contributed by atoms with Gasteiger partial charge in [0, 0.05) is 52.9 Å². The Morgan fingerprint density at radius 3 is 2.56 bits per heavy atom. The number of methoxy groups -OCH3 is 1. The summed E-state index contributed by atoms with van der Waals surface area (Å²) in [5, 5.41) is 3.45. The number of hydrogen-bond acceptors (Lipinski definition) is 5. The number of likely N-dealkylation sites (N-methyl/N-ethyl adjacent to an activating group) is 1. The molecule has 2 fully saturated rings. The monoisotopic (exact) mass is 353 g/mol. The van der Waals surface area contributed by atoms with Crippen LogP contribution in [0.1, 0.15) is 19.8 Å². The van der Waals surface area contributed by atoms with Gasteiger partial charge >= 0.3 is 5.97 Å². The average Bonchev–Trinajstić information content (AvgIpc) is 3.00. The zero-order valence-corrected chi connectivity index (χ0v) is 16.3. The van der Waals surface area contributed by atoms with Gasteiger partial charge in [-0.05, 0) is 32.4 Å². The van der Waals surface area contributed by atoms with E-state index in [0.717, 1.165) is 25.5 Å². The maximum atomic E-state index is 11.8. The summed E-state index contributed by atoms with van der Waals surface area (Å²) in [6.07, 6.45) is 2.34. The molecule has 0 spiro atoms. The van der Waals surface area contributed by atoms with Gasteiger partial charge in [-0.2, -0.15) is 0 Å². The van der Waals surface area contributed by atoms with Crippen molar-refractivity contribution < 1.29 is 9.53 Å². The Hall–Kier alpha value is -1.34. The standard InChI is InChI=1S/C18H35N5O2/c1-15-13-23(14-16(15)17(24)25-4)18(19-2)20-7-5-6-8-22-11-9-21(3)10-12-22/h15-16H,5-14H2,1-4H3,(H,19,20). The molecule has 2 unspecified atom stereocenters. The number of rotatable bonds is 6. The highest BCUT2D eigenvalue weighted by atomic mass is 16.5. The number of esters is 1. The van der Waals surface area contributed by atoms with Crippen molar-refractivity contribution >= 4 is 11.9 Å². The summed E-state index contributed by atoms with van der Waals surface area (Å²) in [6.45, 7) is 10.5. The van der Waals surface area contributed by atoms with Gasteiger partial charge in [-0.3, -0.25) is 9.79 Å². The Morgan fingerprint density at radius 1 is 1.20 bits per heavy atom. The van der Waals surface area contributed by atoms with Gasteiger partial charge in [-0.1, -0.05) is 6.92 Å². The van der Waals surface area contributed by atoms with Crippen LogP contribution in [-0.2, 0) is 9.53 Å². The summed E-state index contributed by atoms with van der Waals surface area (Å²) in [5.74, 6) is 1.03. The maximum Gasteiger partial charge on any atom is 0.310 e. The number of hydrogen-bond donors (Lipinski definition) is 1. The molecule has 1 N–H and O–H groups in total. The molecule has 0 aromatic rings. The van der Waals surface area contributed by atoms with Crippen LogP contribution in [0.5, 0.6) is 0 Å². The minimum atomic E-state index is -0.113. The smallest absolute Gasteiger partial charge is 0.310 e. The van der Waals surface area contributed by atoms with Crippen LogP contribution in [0.4, 0.5) is 0 Å². The molecule has 144 valence electrons. The van der Waals surface area contributed by atoms with Crippen molar-refractivity contribution in [3.8, 4) is 0 Å². The SMILES string of the molecule is CN=C(NCCCCN1CCN(C)CC1)N1CC(C)C(C(=O)OC)C1. The highest BCUT2D eigenvalue weighted by molar-refractivity contribution is 5.82. The molecule has 2 aliphatic heterocycles. The van der Waals surface area contributed by atoms with Crippen molar-refractivity contribution in [2.24, 2.45) is 16.8 Å². The number of carbonyl (C=O) groups excluding carboxylic acids is 1. The second-order valence-electron chi connectivity index (χ2n) is 7.34. The van der Waals surface area contributed by atoms with Crippen LogP contribution in [0.3, 0.4) is 0 Å². The number of guanidine groups is 1. The van der Waals surface area contributed by atoms with Crippen molar-refractivity contribution in [3.63, 3.8) is 0 Å². The molecule has 2 atom stereocenters. The number of piperazine rings is 1. The molecule has 2 aliphatic rings. The van der Waals surface area contributed by atoms with Gasteiger partial charge in [0.15, 0.2) is 5.96 Å². The zero-order valence-electron chi connectivity index (χ0n) is 16.3. The molecule has 0 saturated carbocycles. The van der Waals surface area contributed by atoms with E-state index in [1.165, 1.54) is 46.3 Å².